The van der Waals surface area contributed by atoms with E-state index in [0.29, 0.717) is 25.6 Å². The number of methoxy groups -OCH3 is 1. The van der Waals surface area contributed by atoms with Crippen molar-refractivity contribution in [3.63, 3.8) is 0 Å². The molecule has 2 heterocycles. The first-order valence-electron chi connectivity index (χ1n) is 11.4. The summed E-state index contributed by atoms with van der Waals surface area (Å²) in [7, 11) is 1.64. The van der Waals surface area contributed by atoms with Gasteiger partial charge in [0.1, 0.15) is 12.4 Å². The van der Waals surface area contributed by atoms with Crippen molar-refractivity contribution >= 4 is 22.7 Å². The molecule has 5 rings (SSSR count). The molecule has 3 aromatic carbocycles. The fourth-order valence-corrected chi connectivity index (χ4v) is 4.30. The monoisotopic (exact) mass is 457 g/mol. The number of rotatable bonds is 7. The fraction of sp³-hybridized carbons (Fsp3) is 0.259. The molecule has 7 nitrogen and oxygen atoms in total. The van der Waals surface area contributed by atoms with Gasteiger partial charge in [-0.05, 0) is 48.4 Å². The zero-order valence-electron chi connectivity index (χ0n) is 19.5. The lowest BCUT2D eigenvalue weighted by Gasteiger charge is -2.16. The van der Waals surface area contributed by atoms with E-state index >= 15 is 0 Å². The Kier molecular flexibility index (Phi) is 5.84. The van der Waals surface area contributed by atoms with Gasteiger partial charge < -0.3 is 19.5 Å². The summed E-state index contributed by atoms with van der Waals surface area (Å²) < 4.78 is 18.9. The average molecular weight is 458 g/mol. The number of hydrogen-bond donors (Lipinski definition) is 1. The average Bonchev–Trinajstić information content (AvgIpc) is 3.44. The lowest BCUT2D eigenvalue weighted by Crippen LogP contribution is -2.11. The van der Waals surface area contributed by atoms with Gasteiger partial charge in [0.2, 0.25) is 0 Å². The molecule has 1 aliphatic heterocycles. The molecule has 0 saturated heterocycles. The van der Waals surface area contributed by atoms with E-state index in [1.165, 1.54) is 0 Å². The fourth-order valence-electron chi connectivity index (χ4n) is 4.30. The van der Waals surface area contributed by atoms with Crippen molar-refractivity contribution in [1.29, 1.82) is 0 Å². The Morgan fingerprint density at radius 1 is 1.18 bits per heavy atom. The van der Waals surface area contributed by atoms with Crippen LogP contribution in [0.1, 0.15) is 36.1 Å². The topological polar surface area (TPSA) is 74.6 Å². The Morgan fingerprint density at radius 2 is 2.03 bits per heavy atom. The summed E-state index contributed by atoms with van der Waals surface area (Å²) in [5.41, 5.74) is 7.07. The molecule has 0 unspecified atom stereocenters. The van der Waals surface area contributed by atoms with Crippen LogP contribution in [0, 0.1) is 6.92 Å². The highest BCUT2D eigenvalue weighted by Crippen LogP contribution is 2.37. The van der Waals surface area contributed by atoms with Gasteiger partial charge in [-0.3, -0.25) is 9.36 Å². The number of ether oxygens (including phenoxy) is 3. The minimum absolute atomic E-state index is 0.221. The predicted molar refractivity (Wildman–Crippen MR) is 131 cm³/mol. The van der Waals surface area contributed by atoms with Gasteiger partial charge in [0.15, 0.2) is 6.10 Å². The summed E-state index contributed by atoms with van der Waals surface area (Å²) in [4.78, 5) is 16.3. The molecule has 1 aliphatic rings. The zero-order valence-corrected chi connectivity index (χ0v) is 19.5. The number of imidazole rings is 1. The van der Waals surface area contributed by atoms with Gasteiger partial charge in [0.05, 0.1) is 23.8 Å². The molecule has 0 bridgehead atoms. The van der Waals surface area contributed by atoms with Crippen LogP contribution in [0.2, 0.25) is 0 Å². The van der Waals surface area contributed by atoms with Gasteiger partial charge in [0.25, 0.3) is 0 Å². The van der Waals surface area contributed by atoms with Crippen molar-refractivity contribution in [3.05, 3.63) is 77.4 Å². The molecule has 174 valence electrons. The van der Waals surface area contributed by atoms with Crippen molar-refractivity contribution in [2.75, 3.05) is 19.0 Å². The number of para-hydroxylation sites is 2. The first-order chi connectivity index (χ1) is 16.6. The van der Waals surface area contributed by atoms with E-state index in [9.17, 15) is 4.79 Å². The molecule has 0 amide bonds. The van der Waals surface area contributed by atoms with E-state index in [4.69, 9.17) is 14.2 Å². The van der Waals surface area contributed by atoms with Crippen LogP contribution in [0.15, 0.2) is 60.7 Å². The second kappa shape index (κ2) is 9.09. The SMILES string of the molecule is CCC(=O)O[C@@H]1COc2cc(NCc3cccc(-n4c(OC)nc5ccccc54)c3C)ccc21. The largest absolute Gasteiger partial charge is 0.489 e. The Bertz CT molecular complexity index is 1360. The molecular weight excluding hydrogens is 430 g/mol. The second-order valence-corrected chi connectivity index (χ2v) is 8.23. The predicted octanol–water partition coefficient (Wildman–Crippen LogP) is 5.34. The number of fused-ring (bicyclic) bond motifs is 2. The maximum absolute atomic E-state index is 11.7. The third-order valence-electron chi connectivity index (χ3n) is 6.17. The number of aromatic nitrogens is 2. The van der Waals surface area contributed by atoms with Gasteiger partial charge in [-0.2, -0.15) is 4.98 Å². The number of hydrogen-bond acceptors (Lipinski definition) is 6. The number of carbonyl (C=O) groups is 1. The molecule has 1 N–H and O–H groups in total. The summed E-state index contributed by atoms with van der Waals surface area (Å²) in [6, 6.07) is 20.7. The highest BCUT2D eigenvalue weighted by atomic mass is 16.6. The van der Waals surface area contributed by atoms with E-state index in [2.05, 4.69) is 33.9 Å². The van der Waals surface area contributed by atoms with Crippen LogP contribution < -0.4 is 14.8 Å². The highest BCUT2D eigenvalue weighted by Gasteiger charge is 2.27. The minimum Gasteiger partial charge on any atom is -0.489 e. The first kappa shape index (κ1) is 21.8. The third-order valence-corrected chi connectivity index (χ3v) is 6.17. The molecule has 1 aromatic heterocycles. The number of nitrogens with zero attached hydrogens (tertiary/aromatic N) is 2. The Morgan fingerprint density at radius 3 is 2.85 bits per heavy atom. The van der Waals surface area contributed by atoms with Crippen LogP contribution in [0.5, 0.6) is 11.8 Å². The summed E-state index contributed by atoms with van der Waals surface area (Å²) >= 11 is 0. The molecule has 0 spiro atoms. The normalized spacial score (nSPS) is 14.5. The highest BCUT2D eigenvalue weighted by molar-refractivity contribution is 5.79. The summed E-state index contributed by atoms with van der Waals surface area (Å²) in [6.45, 7) is 4.89. The molecule has 0 aliphatic carbocycles. The maximum Gasteiger partial charge on any atom is 0.306 e. The minimum atomic E-state index is -0.338. The Hall–Kier alpha value is -4.00. The second-order valence-electron chi connectivity index (χ2n) is 8.23. The van der Waals surface area contributed by atoms with E-state index in [0.717, 1.165) is 44.8 Å². The van der Waals surface area contributed by atoms with Gasteiger partial charge in [-0.15, -0.1) is 0 Å². The van der Waals surface area contributed by atoms with Crippen molar-refractivity contribution in [3.8, 4) is 17.4 Å². The van der Waals surface area contributed by atoms with Crippen LogP contribution in [0.3, 0.4) is 0 Å². The number of nitrogens with one attached hydrogen (secondary N) is 1. The molecule has 0 radical (unpaired) electrons. The lowest BCUT2D eigenvalue weighted by atomic mass is 10.1. The van der Waals surface area contributed by atoms with E-state index < -0.39 is 0 Å². The van der Waals surface area contributed by atoms with Crippen LogP contribution in [0.25, 0.3) is 16.7 Å². The van der Waals surface area contributed by atoms with Gasteiger partial charge >= 0.3 is 12.0 Å². The van der Waals surface area contributed by atoms with Crippen molar-refractivity contribution in [1.82, 2.24) is 9.55 Å². The van der Waals surface area contributed by atoms with E-state index in [1.54, 1.807) is 14.0 Å². The van der Waals surface area contributed by atoms with Gasteiger partial charge in [-0.1, -0.05) is 31.2 Å². The van der Waals surface area contributed by atoms with Gasteiger partial charge in [-0.25, -0.2) is 0 Å². The van der Waals surface area contributed by atoms with Crippen molar-refractivity contribution in [2.24, 2.45) is 0 Å². The van der Waals surface area contributed by atoms with E-state index in [-0.39, 0.29) is 12.1 Å². The third kappa shape index (κ3) is 3.94. The summed E-state index contributed by atoms with van der Waals surface area (Å²) in [5.74, 6) is 0.528. The number of benzene rings is 3. The van der Waals surface area contributed by atoms with Crippen LogP contribution >= 0.6 is 0 Å². The van der Waals surface area contributed by atoms with E-state index in [1.807, 2.05) is 48.5 Å². The quantitative estimate of drug-likeness (QED) is 0.378. The van der Waals surface area contributed by atoms with Crippen LogP contribution in [-0.2, 0) is 16.1 Å². The molecule has 7 heteroatoms. The molecular formula is C27H27N3O4. The number of anilines is 1. The van der Waals surface area contributed by atoms with Crippen LogP contribution in [0.4, 0.5) is 5.69 Å². The molecule has 0 fully saturated rings. The molecule has 34 heavy (non-hydrogen) atoms. The Balaban J connectivity index is 1.38. The first-order valence-corrected chi connectivity index (χ1v) is 11.4. The van der Waals surface area contributed by atoms with Crippen molar-refractivity contribution < 1.29 is 19.0 Å². The standard InChI is InChI=1S/C27H27N3O4/c1-4-26(31)34-25-16-33-24-14-19(12-13-20(24)25)28-15-18-8-7-11-22(17(18)2)30-23-10-6-5-9-21(23)29-27(30)32-3/h5-14,25,28H,4,15-16H2,1-3H3/t25-/m1/s1. The summed E-state index contributed by atoms with van der Waals surface area (Å²) in [5, 5.41) is 3.49. The maximum atomic E-state index is 11.7. The zero-order chi connectivity index (χ0) is 23.7. The Labute approximate surface area is 198 Å². The lowest BCUT2D eigenvalue weighted by molar-refractivity contribution is -0.149. The van der Waals surface area contributed by atoms with Crippen LogP contribution in [-0.4, -0.2) is 29.2 Å². The molecule has 4 aromatic rings. The number of carbonyl (C=O) groups excluding carboxylic acids is 1. The summed E-state index contributed by atoms with van der Waals surface area (Å²) in [6.07, 6.45) is 0.0142. The van der Waals surface area contributed by atoms with Gasteiger partial charge in [0, 0.05) is 30.3 Å². The van der Waals surface area contributed by atoms with Crippen molar-refractivity contribution in [2.45, 2.75) is 32.9 Å². The molecule has 1 atom stereocenters. The molecule has 0 saturated carbocycles. The smallest absolute Gasteiger partial charge is 0.306 e. The number of esters is 1.